The summed E-state index contributed by atoms with van der Waals surface area (Å²) in [6.45, 7) is 2.26. The number of nitrogens with zero attached hydrogens (tertiary/aromatic N) is 1. The zero-order chi connectivity index (χ0) is 17.2. The molecule has 23 heavy (non-hydrogen) atoms. The fourth-order valence-electron chi connectivity index (χ4n) is 2.08. The molecular formula is C17H23F2NO3. The van der Waals surface area contributed by atoms with Crippen LogP contribution in [0.2, 0.25) is 0 Å². The van der Waals surface area contributed by atoms with Crippen LogP contribution in [0.5, 0.6) is 11.5 Å². The van der Waals surface area contributed by atoms with Crippen LogP contribution in [0, 0.1) is 0 Å². The molecule has 0 atom stereocenters. The fourth-order valence-corrected chi connectivity index (χ4v) is 2.08. The number of benzene rings is 1. The van der Waals surface area contributed by atoms with Gasteiger partial charge >= 0.3 is 6.61 Å². The molecule has 0 saturated carbocycles. The smallest absolute Gasteiger partial charge is 0.387 e. The predicted octanol–water partition coefficient (Wildman–Crippen LogP) is 3.96. The fraction of sp³-hybridized carbons (Fsp3) is 0.471. The molecule has 0 aliphatic rings. The van der Waals surface area contributed by atoms with Crippen LogP contribution in [0.1, 0.15) is 32.3 Å². The lowest BCUT2D eigenvalue weighted by atomic mass is 10.1. The number of para-hydroxylation sites is 1. The molecule has 128 valence electrons. The van der Waals surface area contributed by atoms with E-state index < -0.39 is 6.61 Å². The van der Waals surface area contributed by atoms with Gasteiger partial charge in [0, 0.05) is 24.7 Å². The second-order valence-electron chi connectivity index (χ2n) is 4.86. The van der Waals surface area contributed by atoms with Gasteiger partial charge in [0.25, 0.3) is 0 Å². The summed E-state index contributed by atoms with van der Waals surface area (Å²) in [5.74, 6) is -0.0457. The van der Waals surface area contributed by atoms with Crippen LogP contribution in [0.25, 0.3) is 6.08 Å². The number of hydrogen-bond donors (Lipinski definition) is 0. The van der Waals surface area contributed by atoms with Crippen molar-refractivity contribution in [2.24, 2.45) is 0 Å². The van der Waals surface area contributed by atoms with Crippen LogP contribution < -0.4 is 9.47 Å². The maximum absolute atomic E-state index is 12.6. The Morgan fingerprint density at radius 1 is 1.35 bits per heavy atom. The SMILES string of the molecule is CCCCN(CC)C(=O)/C=C\c1cccc(OC)c1OC(F)F. The molecule has 1 rings (SSSR count). The van der Waals surface area contributed by atoms with Gasteiger partial charge in [0.15, 0.2) is 11.5 Å². The van der Waals surface area contributed by atoms with Gasteiger partial charge in [0.1, 0.15) is 0 Å². The Morgan fingerprint density at radius 2 is 2.09 bits per heavy atom. The average Bonchev–Trinajstić information content (AvgIpc) is 2.53. The van der Waals surface area contributed by atoms with Gasteiger partial charge in [0.2, 0.25) is 5.91 Å². The normalized spacial score (nSPS) is 11.0. The Morgan fingerprint density at radius 3 is 2.65 bits per heavy atom. The van der Waals surface area contributed by atoms with Gasteiger partial charge in [-0.25, -0.2) is 0 Å². The van der Waals surface area contributed by atoms with E-state index in [0.717, 1.165) is 12.8 Å². The Labute approximate surface area is 135 Å². The topological polar surface area (TPSA) is 38.8 Å². The van der Waals surface area contributed by atoms with E-state index in [1.54, 1.807) is 17.0 Å². The van der Waals surface area contributed by atoms with Crippen molar-refractivity contribution in [2.45, 2.75) is 33.3 Å². The van der Waals surface area contributed by atoms with E-state index >= 15 is 0 Å². The number of carbonyl (C=O) groups is 1. The van der Waals surface area contributed by atoms with Crippen LogP contribution in [-0.2, 0) is 4.79 Å². The minimum absolute atomic E-state index is 0.0781. The van der Waals surface area contributed by atoms with E-state index in [4.69, 9.17) is 4.74 Å². The minimum atomic E-state index is -2.97. The number of unbranched alkanes of at least 4 members (excludes halogenated alkanes) is 1. The summed E-state index contributed by atoms with van der Waals surface area (Å²) in [6.07, 6.45) is 4.76. The lowest BCUT2D eigenvalue weighted by molar-refractivity contribution is -0.125. The van der Waals surface area contributed by atoms with Crippen LogP contribution in [0.3, 0.4) is 0 Å². The molecule has 0 aliphatic heterocycles. The predicted molar refractivity (Wildman–Crippen MR) is 85.8 cm³/mol. The van der Waals surface area contributed by atoms with E-state index in [0.29, 0.717) is 18.7 Å². The van der Waals surface area contributed by atoms with Crippen LogP contribution >= 0.6 is 0 Å². The van der Waals surface area contributed by atoms with Gasteiger partial charge in [-0.1, -0.05) is 25.5 Å². The summed E-state index contributed by atoms with van der Waals surface area (Å²) in [5, 5.41) is 0. The van der Waals surface area contributed by atoms with Crippen molar-refractivity contribution in [2.75, 3.05) is 20.2 Å². The molecule has 6 heteroatoms. The number of likely N-dealkylation sites (N-methyl/N-ethyl adjacent to an activating group) is 1. The lowest BCUT2D eigenvalue weighted by Crippen LogP contribution is -2.30. The standard InChI is InChI=1S/C17H23F2NO3/c1-4-6-12-20(5-2)15(21)11-10-13-8-7-9-14(22-3)16(13)23-17(18)19/h7-11,17H,4-6,12H2,1-3H3/b11-10-. The van der Waals surface area contributed by atoms with Crippen LogP contribution in [0.4, 0.5) is 8.78 Å². The molecule has 0 aromatic heterocycles. The molecule has 0 fully saturated rings. The Hall–Kier alpha value is -2.11. The largest absolute Gasteiger partial charge is 0.493 e. The van der Waals surface area contributed by atoms with Crippen molar-refractivity contribution in [3.8, 4) is 11.5 Å². The number of hydrogen-bond acceptors (Lipinski definition) is 3. The Bertz CT molecular complexity index is 533. The zero-order valence-electron chi connectivity index (χ0n) is 13.7. The van der Waals surface area contributed by atoms with Gasteiger partial charge < -0.3 is 14.4 Å². The van der Waals surface area contributed by atoms with Gasteiger partial charge in [-0.2, -0.15) is 8.78 Å². The van der Waals surface area contributed by atoms with Gasteiger partial charge in [-0.05, 0) is 25.5 Å². The summed E-state index contributed by atoms with van der Waals surface area (Å²) in [7, 11) is 1.37. The lowest BCUT2D eigenvalue weighted by Gasteiger charge is -2.18. The number of rotatable bonds is 9. The van der Waals surface area contributed by atoms with E-state index in [1.807, 2.05) is 6.92 Å². The number of methoxy groups -OCH3 is 1. The molecule has 0 saturated heterocycles. The first kappa shape index (κ1) is 18.9. The maximum Gasteiger partial charge on any atom is 0.387 e. The minimum Gasteiger partial charge on any atom is -0.493 e. The summed E-state index contributed by atoms with van der Waals surface area (Å²) in [4.78, 5) is 13.9. The third-order valence-corrected chi connectivity index (χ3v) is 3.32. The molecule has 0 heterocycles. The molecule has 0 bridgehead atoms. The van der Waals surface area contributed by atoms with Gasteiger partial charge in [-0.15, -0.1) is 0 Å². The van der Waals surface area contributed by atoms with Crippen LogP contribution in [-0.4, -0.2) is 37.6 Å². The molecule has 1 aromatic rings. The molecule has 1 amide bonds. The highest BCUT2D eigenvalue weighted by atomic mass is 19.3. The second kappa shape index (κ2) is 9.82. The molecule has 4 nitrogen and oxygen atoms in total. The van der Waals surface area contributed by atoms with Crippen molar-refractivity contribution in [3.63, 3.8) is 0 Å². The maximum atomic E-state index is 12.6. The molecule has 0 radical (unpaired) electrons. The highest BCUT2D eigenvalue weighted by Gasteiger charge is 2.14. The van der Waals surface area contributed by atoms with Crippen molar-refractivity contribution in [1.29, 1.82) is 0 Å². The van der Waals surface area contributed by atoms with E-state index in [1.165, 1.54) is 25.3 Å². The molecule has 1 aromatic carbocycles. The van der Waals surface area contributed by atoms with E-state index in [9.17, 15) is 13.6 Å². The summed E-state index contributed by atoms with van der Waals surface area (Å²) >= 11 is 0. The number of carbonyl (C=O) groups excluding carboxylic acids is 1. The average molecular weight is 327 g/mol. The first-order valence-electron chi connectivity index (χ1n) is 7.62. The van der Waals surface area contributed by atoms with E-state index in [-0.39, 0.29) is 17.4 Å². The first-order valence-corrected chi connectivity index (χ1v) is 7.62. The molecule has 0 N–H and O–H groups in total. The van der Waals surface area contributed by atoms with Crippen molar-refractivity contribution in [3.05, 3.63) is 29.8 Å². The molecule has 0 unspecified atom stereocenters. The van der Waals surface area contributed by atoms with Crippen molar-refractivity contribution >= 4 is 12.0 Å². The second-order valence-corrected chi connectivity index (χ2v) is 4.86. The first-order chi connectivity index (χ1) is 11.0. The molecule has 0 spiro atoms. The monoisotopic (exact) mass is 327 g/mol. The van der Waals surface area contributed by atoms with Gasteiger partial charge in [0.05, 0.1) is 7.11 Å². The van der Waals surface area contributed by atoms with Crippen molar-refractivity contribution < 1.29 is 23.0 Å². The number of halogens is 2. The summed E-state index contributed by atoms with van der Waals surface area (Å²) < 4.78 is 34.7. The third kappa shape index (κ3) is 5.88. The van der Waals surface area contributed by atoms with Crippen molar-refractivity contribution in [1.82, 2.24) is 4.90 Å². The molecule has 0 aliphatic carbocycles. The van der Waals surface area contributed by atoms with E-state index in [2.05, 4.69) is 11.7 Å². The summed E-state index contributed by atoms with van der Waals surface area (Å²) in [5.41, 5.74) is 0.365. The summed E-state index contributed by atoms with van der Waals surface area (Å²) in [6, 6.07) is 4.76. The zero-order valence-corrected chi connectivity index (χ0v) is 13.7. The third-order valence-electron chi connectivity index (χ3n) is 3.32. The highest BCUT2D eigenvalue weighted by Crippen LogP contribution is 2.33. The highest BCUT2D eigenvalue weighted by molar-refractivity contribution is 5.92. The van der Waals surface area contributed by atoms with Gasteiger partial charge in [-0.3, -0.25) is 4.79 Å². The Balaban J connectivity index is 2.96. The number of alkyl halides is 2. The van der Waals surface area contributed by atoms with Crippen LogP contribution in [0.15, 0.2) is 24.3 Å². The Kier molecular flexibility index (Phi) is 8.08. The number of ether oxygens (including phenoxy) is 2. The number of amides is 1. The molecular weight excluding hydrogens is 304 g/mol. The quantitative estimate of drug-likeness (QED) is 0.645.